The molecule has 0 radical (unpaired) electrons. The van der Waals surface area contributed by atoms with Crippen LogP contribution in [0.4, 0.5) is 5.69 Å². The third-order valence-corrected chi connectivity index (χ3v) is 2.60. The Morgan fingerprint density at radius 2 is 2.17 bits per heavy atom. The minimum atomic E-state index is -0.240. The van der Waals surface area contributed by atoms with E-state index in [1.54, 1.807) is 12.1 Å². The molecule has 2 aromatic rings. The molecule has 0 spiro atoms. The predicted molar refractivity (Wildman–Crippen MR) is 70.5 cm³/mol. The van der Waals surface area contributed by atoms with Gasteiger partial charge in [-0.05, 0) is 49.2 Å². The highest BCUT2D eigenvalue weighted by Gasteiger charge is 2.08. The molecule has 1 aromatic carbocycles. The van der Waals surface area contributed by atoms with E-state index in [0.29, 0.717) is 12.3 Å². The zero-order chi connectivity index (χ0) is 12.8. The molecule has 4 nitrogen and oxygen atoms in total. The molecule has 0 fully saturated rings. The number of carbonyl (C=O) groups is 1. The van der Waals surface area contributed by atoms with Crippen molar-refractivity contribution in [3.63, 3.8) is 0 Å². The summed E-state index contributed by atoms with van der Waals surface area (Å²) in [6.45, 7) is 0.670. The van der Waals surface area contributed by atoms with Crippen LogP contribution in [0.15, 0.2) is 47.1 Å². The lowest BCUT2D eigenvalue weighted by Crippen LogP contribution is -2.11. The number of hydrogen-bond acceptors (Lipinski definition) is 3. The van der Waals surface area contributed by atoms with Crippen LogP contribution in [-0.2, 0) is 6.42 Å². The number of amides is 1. The van der Waals surface area contributed by atoms with Crippen molar-refractivity contribution in [3.05, 3.63) is 54.0 Å². The Labute approximate surface area is 106 Å². The average molecular weight is 244 g/mol. The Balaban J connectivity index is 2.03. The number of furan rings is 1. The fourth-order valence-electron chi connectivity index (χ4n) is 1.71. The van der Waals surface area contributed by atoms with Crippen molar-refractivity contribution in [1.82, 2.24) is 0 Å². The third kappa shape index (κ3) is 3.21. The first kappa shape index (κ1) is 12.4. The number of rotatable bonds is 5. The Hall–Kier alpha value is -2.07. The van der Waals surface area contributed by atoms with E-state index in [9.17, 15) is 4.79 Å². The molecule has 0 saturated heterocycles. The SMILES string of the molecule is NCCCc1cccc(NC(=O)c2ccco2)c1. The zero-order valence-electron chi connectivity index (χ0n) is 10.1. The van der Waals surface area contributed by atoms with Crippen LogP contribution in [-0.4, -0.2) is 12.5 Å². The van der Waals surface area contributed by atoms with Gasteiger partial charge >= 0.3 is 0 Å². The first-order valence-electron chi connectivity index (χ1n) is 5.93. The maximum atomic E-state index is 11.8. The fourth-order valence-corrected chi connectivity index (χ4v) is 1.71. The van der Waals surface area contributed by atoms with Gasteiger partial charge in [0.25, 0.3) is 5.91 Å². The van der Waals surface area contributed by atoms with Crippen LogP contribution >= 0.6 is 0 Å². The van der Waals surface area contributed by atoms with E-state index >= 15 is 0 Å². The van der Waals surface area contributed by atoms with Gasteiger partial charge in [0, 0.05) is 5.69 Å². The standard InChI is InChI=1S/C14H16N2O2/c15-8-2-5-11-4-1-6-12(10-11)16-14(17)13-7-3-9-18-13/h1,3-4,6-7,9-10H,2,5,8,15H2,(H,16,17). The predicted octanol–water partition coefficient (Wildman–Crippen LogP) is 2.42. The molecular weight excluding hydrogens is 228 g/mol. The molecule has 94 valence electrons. The summed E-state index contributed by atoms with van der Waals surface area (Å²) in [5.74, 6) is 0.0679. The molecule has 1 amide bonds. The zero-order valence-corrected chi connectivity index (χ0v) is 10.1. The van der Waals surface area contributed by atoms with E-state index in [4.69, 9.17) is 10.2 Å². The lowest BCUT2D eigenvalue weighted by Gasteiger charge is -2.06. The van der Waals surface area contributed by atoms with Crippen molar-refractivity contribution in [2.24, 2.45) is 5.73 Å². The fraction of sp³-hybridized carbons (Fsp3) is 0.214. The van der Waals surface area contributed by atoms with Crippen molar-refractivity contribution >= 4 is 11.6 Å². The number of anilines is 1. The molecular formula is C14H16N2O2. The second-order valence-electron chi connectivity index (χ2n) is 4.02. The van der Waals surface area contributed by atoms with E-state index in [-0.39, 0.29) is 5.91 Å². The normalized spacial score (nSPS) is 10.3. The van der Waals surface area contributed by atoms with Crippen molar-refractivity contribution < 1.29 is 9.21 Å². The van der Waals surface area contributed by atoms with Gasteiger partial charge in [0.15, 0.2) is 5.76 Å². The number of nitrogens with two attached hydrogens (primary N) is 1. The molecule has 0 atom stereocenters. The number of nitrogens with one attached hydrogen (secondary N) is 1. The topological polar surface area (TPSA) is 68.3 Å². The van der Waals surface area contributed by atoms with Crippen molar-refractivity contribution in [2.45, 2.75) is 12.8 Å². The summed E-state index contributed by atoms with van der Waals surface area (Å²) in [6, 6.07) is 11.1. The van der Waals surface area contributed by atoms with Crippen LogP contribution in [0.25, 0.3) is 0 Å². The molecule has 0 saturated carbocycles. The van der Waals surface area contributed by atoms with Gasteiger partial charge < -0.3 is 15.5 Å². The molecule has 18 heavy (non-hydrogen) atoms. The number of benzene rings is 1. The lowest BCUT2D eigenvalue weighted by atomic mass is 10.1. The van der Waals surface area contributed by atoms with E-state index in [0.717, 1.165) is 24.1 Å². The van der Waals surface area contributed by atoms with Gasteiger partial charge in [0.1, 0.15) is 0 Å². The molecule has 1 aromatic heterocycles. The van der Waals surface area contributed by atoms with Gasteiger partial charge in [0.05, 0.1) is 6.26 Å². The smallest absolute Gasteiger partial charge is 0.291 e. The van der Waals surface area contributed by atoms with Gasteiger partial charge in [0.2, 0.25) is 0 Å². The van der Waals surface area contributed by atoms with Crippen LogP contribution in [0.1, 0.15) is 22.5 Å². The monoisotopic (exact) mass is 244 g/mol. The van der Waals surface area contributed by atoms with Crippen LogP contribution in [0.2, 0.25) is 0 Å². The highest BCUT2D eigenvalue weighted by Crippen LogP contribution is 2.13. The van der Waals surface area contributed by atoms with Gasteiger partial charge in [-0.2, -0.15) is 0 Å². The highest BCUT2D eigenvalue weighted by molar-refractivity contribution is 6.02. The Morgan fingerprint density at radius 1 is 1.28 bits per heavy atom. The van der Waals surface area contributed by atoms with E-state index in [1.807, 2.05) is 24.3 Å². The quantitative estimate of drug-likeness (QED) is 0.848. The Bertz CT molecular complexity index is 506. The maximum Gasteiger partial charge on any atom is 0.291 e. The Kier molecular flexibility index (Phi) is 4.15. The number of hydrogen-bond donors (Lipinski definition) is 2. The highest BCUT2D eigenvalue weighted by atomic mass is 16.3. The molecule has 0 unspecified atom stereocenters. The van der Waals surface area contributed by atoms with Crippen LogP contribution in [0.3, 0.4) is 0 Å². The summed E-state index contributed by atoms with van der Waals surface area (Å²) in [5, 5.41) is 2.80. The summed E-state index contributed by atoms with van der Waals surface area (Å²) in [6.07, 6.45) is 3.34. The molecule has 0 aliphatic carbocycles. The molecule has 3 N–H and O–H groups in total. The van der Waals surface area contributed by atoms with Gasteiger partial charge in [-0.25, -0.2) is 0 Å². The minimum absolute atomic E-state index is 0.240. The van der Waals surface area contributed by atoms with Crippen LogP contribution in [0.5, 0.6) is 0 Å². The lowest BCUT2D eigenvalue weighted by molar-refractivity contribution is 0.0996. The third-order valence-electron chi connectivity index (χ3n) is 2.60. The molecule has 0 bridgehead atoms. The van der Waals surface area contributed by atoms with Crippen molar-refractivity contribution in [2.75, 3.05) is 11.9 Å². The second-order valence-corrected chi connectivity index (χ2v) is 4.02. The second kappa shape index (κ2) is 6.02. The molecule has 2 rings (SSSR count). The number of aryl methyl sites for hydroxylation is 1. The summed E-state index contributed by atoms with van der Waals surface area (Å²) in [4.78, 5) is 11.8. The Morgan fingerprint density at radius 3 is 2.89 bits per heavy atom. The molecule has 1 heterocycles. The van der Waals surface area contributed by atoms with Gasteiger partial charge in [-0.3, -0.25) is 4.79 Å². The average Bonchev–Trinajstić information content (AvgIpc) is 2.91. The number of carbonyl (C=O) groups excluding carboxylic acids is 1. The largest absolute Gasteiger partial charge is 0.459 e. The summed E-state index contributed by atoms with van der Waals surface area (Å²) >= 11 is 0. The summed E-state index contributed by atoms with van der Waals surface area (Å²) in [5.41, 5.74) is 7.41. The summed E-state index contributed by atoms with van der Waals surface area (Å²) < 4.78 is 5.03. The molecule has 0 aliphatic heterocycles. The van der Waals surface area contributed by atoms with Gasteiger partial charge in [-0.15, -0.1) is 0 Å². The van der Waals surface area contributed by atoms with Crippen molar-refractivity contribution in [1.29, 1.82) is 0 Å². The van der Waals surface area contributed by atoms with Crippen LogP contribution < -0.4 is 11.1 Å². The van der Waals surface area contributed by atoms with Gasteiger partial charge in [-0.1, -0.05) is 12.1 Å². The maximum absolute atomic E-state index is 11.8. The molecule has 0 aliphatic rings. The van der Waals surface area contributed by atoms with E-state index in [1.165, 1.54) is 6.26 Å². The first-order chi connectivity index (χ1) is 8.79. The summed E-state index contributed by atoms with van der Waals surface area (Å²) in [7, 11) is 0. The molecule has 4 heteroatoms. The van der Waals surface area contributed by atoms with E-state index in [2.05, 4.69) is 5.32 Å². The van der Waals surface area contributed by atoms with Crippen molar-refractivity contribution in [3.8, 4) is 0 Å². The van der Waals surface area contributed by atoms with Crippen LogP contribution in [0, 0.1) is 0 Å². The van der Waals surface area contributed by atoms with E-state index < -0.39 is 0 Å². The first-order valence-corrected chi connectivity index (χ1v) is 5.93. The minimum Gasteiger partial charge on any atom is -0.459 e.